The number of hydrogen-bond donors (Lipinski definition) is 2. The first-order valence-electron chi connectivity index (χ1n) is 5.38. The molecule has 98 valence electrons. The molecular weight excluding hydrogens is 271 g/mol. The Labute approximate surface area is 113 Å². The Morgan fingerprint density at radius 1 is 1.26 bits per heavy atom. The van der Waals surface area contributed by atoms with Crippen LogP contribution in [-0.4, -0.2) is 23.2 Å². The van der Waals surface area contributed by atoms with Crippen molar-refractivity contribution in [3.05, 3.63) is 46.9 Å². The third-order valence-corrected chi connectivity index (χ3v) is 2.64. The van der Waals surface area contributed by atoms with E-state index in [4.69, 9.17) is 11.6 Å². The Morgan fingerprint density at radius 2 is 2.05 bits per heavy atom. The summed E-state index contributed by atoms with van der Waals surface area (Å²) >= 11 is 5.55. The van der Waals surface area contributed by atoms with Gasteiger partial charge >= 0.3 is 0 Å². The van der Waals surface area contributed by atoms with Gasteiger partial charge in [-0.15, -0.1) is 10.2 Å². The lowest BCUT2D eigenvalue weighted by Gasteiger charge is -2.05. The second-order valence-electron chi connectivity index (χ2n) is 3.64. The van der Waals surface area contributed by atoms with Gasteiger partial charge in [0.1, 0.15) is 11.6 Å². The molecular formula is C12H10ClFN4O. The van der Waals surface area contributed by atoms with Crippen LogP contribution in [0.2, 0.25) is 5.02 Å². The first-order chi connectivity index (χ1) is 9.10. The van der Waals surface area contributed by atoms with Crippen molar-refractivity contribution in [3.63, 3.8) is 0 Å². The minimum Gasteiger partial charge on any atom is -0.372 e. The maximum atomic E-state index is 13.2. The monoisotopic (exact) mass is 280 g/mol. The number of carbonyl (C=O) groups excluding carboxylic acids is 1. The zero-order valence-electron chi connectivity index (χ0n) is 9.95. The lowest BCUT2D eigenvalue weighted by atomic mass is 10.3. The molecule has 1 aromatic carbocycles. The maximum absolute atomic E-state index is 13.2. The topological polar surface area (TPSA) is 66.9 Å². The molecule has 19 heavy (non-hydrogen) atoms. The fourth-order valence-corrected chi connectivity index (χ4v) is 1.47. The average molecular weight is 281 g/mol. The highest BCUT2D eigenvalue weighted by atomic mass is 35.5. The van der Waals surface area contributed by atoms with Crippen molar-refractivity contribution in [3.8, 4) is 0 Å². The third-order valence-electron chi connectivity index (χ3n) is 2.33. The van der Waals surface area contributed by atoms with E-state index in [1.807, 2.05) is 0 Å². The largest absolute Gasteiger partial charge is 0.372 e. The molecule has 0 unspecified atom stereocenters. The second kappa shape index (κ2) is 5.62. The molecule has 0 bridgehead atoms. The normalized spacial score (nSPS) is 10.1. The Hall–Kier alpha value is -2.21. The number of aromatic nitrogens is 2. The van der Waals surface area contributed by atoms with Gasteiger partial charge in [-0.05, 0) is 30.3 Å². The van der Waals surface area contributed by atoms with Gasteiger partial charge in [0.05, 0.1) is 5.02 Å². The molecule has 1 aromatic heterocycles. The van der Waals surface area contributed by atoms with Crippen LogP contribution in [0, 0.1) is 5.82 Å². The van der Waals surface area contributed by atoms with E-state index in [2.05, 4.69) is 20.8 Å². The van der Waals surface area contributed by atoms with E-state index in [0.717, 1.165) is 6.07 Å². The summed E-state index contributed by atoms with van der Waals surface area (Å²) in [4.78, 5) is 11.8. The molecule has 2 aromatic rings. The van der Waals surface area contributed by atoms with Crippen molar-refractivity contribution in [1.82, 2.24) is 10.2 Å². The van der Waals surface area contributed by atoms with Crippen molar-refractivity contribution in [2.45, 2.75) is 0 Å². The van der Waals surface area contributed by atoms with E-state index in [1.54, 1.807) is 13.1 Å². The van der Waals surface area contributed by atoms with Crippen molar-refractivity contribution < 1.29 is 9.18 Å². The molecule has 0 saturated carbocycles. The first-order valence-corrected chi connectivity index (χ1v) is 5.76. The van der Waals surface area contributed by atoms with Gasteiger partial charge in [0.25, 0.3) is 5.91 Å². The van der Waals surface area contributed by atoms with E-state index in [1.165, 1.54) is 18.2 Å². The highest BCUT2D eigenvalue weighted by molar-refractivity contribution is 6.30. The fourth-order valence-electron chi connectivity index (χ4n) is 1.36. The molecule has 0 fully saturated rings. The smallest absolute Gasteiger partial charge is 0.276 e. The molecule has 0 aliphatic rings. The Bertz CT molecular complexity index is 603. The van der Waals surface area contributed by atoms with Gasteiger partial charge in [-0.3, -0.25) is 4.79 Å². The van der Waals surface area contributed by atoms with Crippen LogP contribution in [0.1, 0.15) is 10.5 Å². The Kier molecular flexibility index (Phi) is 3.91. The number of benzene rings is 1. The standard InChI is InChI=1S/C12H10ClFN4O/c1-15-11-5-4-10(17-18-11)12(19)16-7-2-3-8(13)9(14)6-7/h2-6H,1H3,(H,15,18)(H,16,19). The second-order valence-corrected chi connectivity index (χ2v) is 4.04. The van der Waals surface area contributed by atoms with Crippen LogP contribution in [0.5, 0.6) is 0 Å². The fraction of sp³-hybridized carbons (Fsp3) is 0.0833. The van der Waals surface area contributed by atoms with Crippen LogP contribution < -0.4 is 10.6 Å². The van der Waals surface area contributed by atoms with Crippen LogP contribution in [0.3, 0.4) is 0 Å². The molecule has 2 N–H and O–H groups in total. The number of nitrogens with one attached hydrogen (secondary N) is 2. The molecule has 0 aliphatic heterocycles. The van der Waals surface area contributed by atoms with E-state index in [9.17, 15) is 9.18 Å². The van der Waals surface area contributed by atoms with Crippen LogP contribution in [-0.2, 0) is 0 Å². The molecule has 0 radical (unpaired) electrons. The predicted octanol–water partition coefficient (Wildman–Crippen LogP) is 2.56. The summed E-state index contributed by atoms with van der Waals surface area (Å²) in [5, 5.41) is 12.8. The zero-order chi connectivity index (χ0) is 13.8. The van der Waals surface area contributed by atoms with Gasteiger partial charge < -0.3 is 10.6 Å². The van der Waals surface area contributed by atoms with E-state index in [-0.39, 0.29) is 10.7 Å². The van der Waals surface area contributed by atoms with Crippen LogP contribution in [0.25, 0.3) is 0 Å². The summed E-state index contributed by atoms with van der Waals surface area (Å²) in [6, 6.07) is 7.13. The predicted molar refractivity (Wildman–Crippen MR) is 70.9 cm³/mol. The number of rotatable bonds is 3. The molecule has 0 saturated heterocycles. The van der Waals surface area contributed by atoms with Crippen molar-refractivity contribution in [2.75, 3.05) is 17.7 Å². The molecule has 5 nitrogen and oxygen atoms in total. The van der Waals surface area contributed by atoms with Crippen molar-refractivity contribution in [2.24, 2.45) is 0 Å². The third kappa shape index (κ3) is 3.17. The summed E-state index contributed by atoms with van der Waals surface area (Å²) in [5.41, 5.74) is 0.431. The number of anilines is 2. The van der Waals surface area contributed by atoms with Gasteiger partial charge in [-0.2, -0.15) is 0 Å². The number of halogens is 2. The van der Waals surface area contributed by atoms with E-state index >= 15 is 0 Å². The van der Waals surface area contributed by atoms with Crippen LogP contribution in [0.4, 0.5) is 15.9 Å². The summed E-state index contributed by atoms with van der Waals surface area (Å²) in [6.07, 6.45) is 0. The van der Waals surface area contributed by atoms with Gasteiger partial charge in [0, 0.05) is 12.7 Å². The van der Waals surface area contributed by atoms with Crippen molar-refractivity contribution >= 4 is 29.0 Å². The molecule has 0 spiro atoms. The van der Waals surface area contributed by atoms with E-state index in [0.29, 0.717) is 11.5 Å². The number of carbonyl (C=O) groups is 1. The highest BCUT2D eigenvalue weighted by Gasteiger charge is 2.09. The minimum atomic E-state index is -0.601. The molecule has 1 amide bonds. The number of hydrogen-bond acceptors (Lipinski definition) is 4. The molecule has 0 atom stereocenters. The molecule has 1 heterocycles. The molecule has 7 heteroatoms. The summed E-state index contributed by atoms with van der Waals surface area (Å²) in [5.74, 6) is -0.526. The lowest BCUT2D eigenvalue weighted by Crippen LogP contribution is -2.14. The summed E-state index contributed by atoms with van der Waals surface area (Å²) < 4.78 is 13.2. The van der Waals surface area contributed by atoms with Gasteiger partial charge in [-0.25, -0.2) is 4.39 Å². The van der Waals surface area contributed by atoms with Gasteiger partial charge in [-0.1, -0.05) is 11.6 Å². The average Bonchev–Trinajstić information content (AvgIpc) is 2.43. The lowest BCUT2D eigenvalue weighted by molar-refractivity contribution is 0.102. The summed E-state index contributed by atoms with van der Waals surface area (Å²) in [7, 11) is 1.69. The van der Waals surface area contributed by atoms with Gasteiger partial charge in [0.15, 0.2) is 5.69 Å². The van der Waals surface area contributed by atoms with E-state index < -0.39 is 11.7 Å². The first kappa shape index (κ1) is 13.2. The highest BCUT2D eigenvalue weighted by Crippen LogP contribution is 2.19. The summed E-state index contributed by atoms with van der Waals surface area (Å²) in [6.45, 7) is 0. The Morgan fingerprint density at radius 3 is 2.63 bits per heavy atom. The minimum absolute atomic E-state index is 0.00355. The number of nitrogens with zero attached hydrogens (tertiary/aromatic N) is 2. The molecule has 0 aliphatic carbocycles. The zero-order valence-corrected chi connectivity index (χ0v) is 10.7. The quantitative estimate of drug-likeness (QED) is 0.907. The Balaban J connectivity index is 2.13. The van der Waals surface area contributed by atoms with Crippen LogP contribution >= 0.6 is 11.6 Å². The SMILES string of the molecule is CNc1ccc(C(=O)Nc2ccc(Cl)c(F)c2)nn1. The van der Waals surface area contributed by atoms with Gasteiger partial charge in [0.2, 0.25) is 0 Å². The number of amides is 1. The van der Waals surface area contributed by atoms with Crippen LogP contribution in [0.15, 0.2) is 30.3 Å². The maximum Gasteiger partial charge on any atom is 0.276 e. The van der Waals surface area contributed by atoms with Crippen molar-refractivity contribution in [1.29, 1.82) is 0 Å². The molecule has 2 rings (SSSR count).